The normalized spacial score (nSPS) is 12.4. The zero-order valence-corrected chi connectivity index (χ0v) is 22.0. The van der Waals surface area contributed by atoms with Crippen molar-refractivity contribution in [3.05, 3.63) is 97.4 Å². The summed E-state index contributed by atoms with van der Waals surface area (Å²) >= 11 is 3.27. The number of rotatable bonds is 9. The number of ether oxygens (including phenoxy) is 1. The SMILES string of the molecule is Cc1cc(OCc2ccc(F)cc2F)c(Br)c(=O)n1Cc1ccc(CNC(=O)[C@@H](N)[C@@H](C)O)cc1.Cl. The van der Waals surface area contributed by atoms with Gasteiger partial charge in [0, 0.05) is 29.9 Å². The third-order valence-corrected chi connectivity index (χ3v) is 6.20. The van der Waals surface area contributed by atoms with E-state index < -0.39 is 29.7 Å². The monoisotopic (exact) mass is 585 g/mol. The van der Waals surface area contributed by atoms with Crippen LogP contribution in [0.15, 0.2) is 57.8 Å². The first kappa shape index (κ1) is 29.4. The van der Waals surface area contributed by atoms with Gasteiger partial charge in [0.15, 0.2) is 0 Å². The van der Waals surface area contributed by atoms with Crippen molar-refractivity contribution in [1.29, 1.82) is 0 Å². The van der Waals surface area contributed by atoms with E-state index in [9.17, 15) is 23.5 Å². The Morgan fingerprint density at radius 1 is 1.17 bits per heavy atom. The van der Waals surface area contributed by atoms with Gasteiger partial charge in [-0.3, -0.25) is 9.59 Å². The molecule has 4 N–H and O–H groups in total. The number of nitrogens with zero attached hydrogens (tertiary/aromatic N) is 1. The maximum Gasteiger partial charge on any atom is 0.269 e. The van der Waals surface area contributed by atoms with Crippen LogP contribution in [0.1, 0.15) is 29.3 Å². The van der Waals surface area contributed by atoms with Gasteiger partial charge in [-0.2, -0.15) is 0 Å². The molecular weight excluding hydrogens is 560 g/mol. The van der Waals surface area contributed by atoms with Crippen molar-refractivity contribution in [1.82, 2.24) is 9.88 Å². The summed E-state index contributed by atoms with van der Waals surface area (Å²) in [5, 5.41) is 12.1. The summed E-state index contributed by atoms with van der Waals surface area (Å²) in [5.74, 6) is -1.58. The van der Waals surface area contributed by atoms with Crippen LogP contribution in [-0.4, -0.2) is 27.7 Å². The highest BCUT2D eigenvalue weighted by molar-refractivity contribution is 9.10. The molecule has 3 aromatic rings. The molecule has 1 amide bonds. The Kier molecular flexibility index (Phi) is 10.6. The molecule has 11 heteroatoms. The molecule has 0 aliphatic heterocycles. The molecule has 0 saturated carbocycles. The van der Waals surface area contributed by atoms with Gasteiger partial charge < -0.3 is 25.5 Å². The maximum atomic E-state index is 13.9. The Hall–Kier alpha value is -2.79. The summed E-state index contributed by atoms with van der Waals surface area (Å²) in [5.41, 5.74) is 7.79. The number of halogens is 4. The molecule has 0 bridgehead atoms. The summed E-state index contributed by atoms with van der Waals surface area (Å²) in [4.78, 5) is 24.8. The number of nitrogens with one attached hydrogen (secondary N) is 1. The molecule has 0 aliphatic carbocycles. The standard InChI is InChI=1S/C25H26BrF2N3O4.ClH/c1-14-9-21(35-13-18-7-8-19(27)10-20(18)28)22(26)25(34)31(14)12-17-5-3-16(4-6-17)11-30-24(33)23(29)15(2)32;/h3-10,15,23,32H,11-13,29H2,1-2H3,(H,30,33);1H/t15-,23+;/m1./s1. The number of amides is 1. The molecule has 0 saturated heterocycles. The highest BCUT2D eigenvalue weighted by atomic mass is 79.9. The Morgan fingerprint density at radius 3 is 2.42 bits per heavy atom. The first-order chi connectivity index (χ1) is 16.6. The van der Waals surface area contributed by atoms with Crippen LogP contribution in [0.2, 0.25) is 0 Å². The molecule has 0 spiro atoms. The molecule has 0 unspecified atom stereocenters. The van der Waals surface area contributed by atoms with Gasteiger partial charge in [-0.1, -0.05) is 24.3 Å². The van der Waals surface area contributed by atoms with E-state index in [-0.39, 0.29) is 46.9 Å². The van der Waals surface area contributed by atoms with Gasteiger partial charge in [0.2, 0.25) is 5.91 Å². The molecule has 36 heavy (non-hydrogen) atoms. The second-order valence-electron chi connectivity index (χ2n) is 8.18. The van der Waals surface area contributed by atoms with E-state index in [4.69, 9.17) is 10.5 Å². The van der Waals surface area contributed by atoms with E-state index in [0.29, 0.717) is 12.2 Å². The minimum Gasteiger partial charge on any atom is -0.487 e. The molecule has 1 heterocycles. The van der Waals surface area contributed by atoms with E-state index in [0.717, 1.165) is 23.3 Å². The van der Waals surface area contributed by atoms with Crippen molar-refractivity contribution in [3.8, 4) is 5.75 Å². The van der Waals surface area contributed by atoms with E-state index in [1.165, 1.54) is 13.0 Å². The Bertz CT molecular complexity index is 1270. The summed E-state index contributed by atoms with van der Waals surface area (Å²) in [6.07, 6.45) is -0.945. The lowest BCUT2D eigenvalue weighted by atomic mass is 10.1. The fourth-order valence-corrected chi connectivity index (χ4v) is 3.72. The van der Waals surface area contributed by atoms with Crippen LogP contribution in [0.3, 0.4) is 0 Å². The van der Waals surface area contributed by atoms with Crippen LogP contribution in [0, 0.1) is 18.6 Å². The molecular formula is C25H27BrClF2N3O4. The molecule has 2 atom stereocenters. The van der Waals surface area contributed by atoms with Crippen molar-refractivity contribution in [3.63, 3.8) is 0 Å². The maximum absolute atomic E-state index is 13.9. The van der Waals surface area contributed by atoms with Gasteiger partial charge >= 0.3 is 0 Å². The Labute approximate surface area is 221 Å². The molecule has 7 nitrogen and oxygen atoms in total. The van der Waals surface area contributed by atoms with Crippen LogP contribution in [0.25, 0.3) is 0 Å². The van der Waals surface area contributed by atoms with E-state index >= 15 is 0 Å². The van der Waals surface area contributed by atoms with Crippen molar-refractivity contribution in [2.75, 3.05) is 0 Å². The third-order valence-electron chi connectivity index (χ3n) is 5.47. The zero-order chi connectivity index (χ0) is 25.7. The number of pyridine rings is 1. The van der Waals surface area contributed by atoms with Crippen LogP contribution < -0.4 is 21.3 Å². The van der Waals surface area contributed by atoms with E-state index in [1.807, 2.05) is 24.3 Å². The number of aliphatic hydroxyl groups is 1. The molecule has 1 aromatic heterocycles. The minimum atomic E-state index is -0.996. The zero-order valence-electron chi connectivity index (χ0n) is 19.6. The lowest BCUT2D eigenvalue weighted by Gasteiger charge is -2.16. The molecule has 0 radical (unpaired) electrons. The van der Waals surface area contributed by atoms with Gasteiger partial charge in [0.05, 0.1) is 12.6 Å². The number of nitrogens with two attached hydrogens (primary N) is 1. The number of benzene rings is 2. The topological polar surface area (TPSA) is 107 Å². The average Bonchev–Trinajstić information content (AvgIpc) is 2.82. The number of carbonyl (C=O) groups is 1. The number of carbonyl (C=O) groups excluding carboxylic acids is 1. The summed E-state index contributed by atoms with van der Waals surface area (Å²) < 4.78 is 34.3. The van der Waals surface area contributed by atoms with Gasteiger partial charge in [-0.15, -0.1) is 12.4 Å². The number of hydrogen-bond donors (Lipinski definition) is 3. The smallest absolute Gasteiger partial charge is 0.269 e. The highest BCUT2D eigenvalue weighted by Gasteiger charge is 2.18. The highest BCUT2D eigenvalue weighted by Crippen LogP contribution is 2.24. The number of hydrogen-bond acceptors (Lipinski definition) is 5. The fraction of sp³-hybridized carbons (Fsp3) is 0.280. The summed E-state index contributed by atoms with van der Waals surface area (Å²) in [6.45, 7) is 3.61. The summed E-state index contributed by atoms with van der Waals surface area (Å²) in [7, 11) is 0. The Morgan fingerprint density at radius 2 is 1.81 bits per heavy atom. The predicted molar refractivity (Wildman–Crippen MR) is 138 cm³/mol. The van der Waals surface area contributed by atoms with Gasteiger partial charge in [-0.05, 0) is 53.0 Å². The van der Waals surface area contributed by atoms with Crippen LogP contribution in [-0.2, 0) is 24.5 Å². The van der Waals surface area contributed by atoms with E-state index in [1.54, 1.807) is 17.6 Å². The molecule has 194 valence electrons. The first-order valence-electron chi connectivity index (χ1n) is 10.8. The first-order valence-corrected chi connectivity index (χ1v) is 11.6. The quantitative estimate of drug-likeness (QED) is 0.356. The molecule has 0 aliphatic rings. The average molecular weight is 587 g/mol. The van der Waals surface area contributed by atoms with Crippen molar-refractivity contribution < 1.29 is 23.4 Å². The molecule has 3 rings (SSSR count). The van der Waals surface area contributed by atoms with Crippen LogP contribution >= 0.6 is 28.3 Å². The van der Waals surface area contributed by atoms with Gasteiger partial charge in [0.25, 0.3) is 5.56 Å². The number of aryl methyl sites for hydroxylation is 1. The Balaban J connectivity index is 0.00000456. The minimum absolute atomic E-state index is 0. The lowest BCUT2D eigenvalue weighted by molar-refractivity contribution is -0.124. The van der Waals surface area contributed by atoms with Crippen molar-refractivity contribution in [2.45, 2.75) is 45.7 Å². The largest absolute Gasteiger partial charge is 0.487 e. The van der Waals surface area contributed by atoms with E-state index in [2.05, 4.69) is 21.2 Å². The lowest BCUT2D eigenvalue weighted by Crippen LogP contribution is -2.46. The number of aromatic nitrogens is 1. The van der Waals surface area contributed by atoms with Gasteiger partial charge in [0.1, 0.15) is 34.5 Å². The second-order valence-corrected chi connectivity index (χ2v) is 8.97. The summed E-state index contributed by atoms with van der Waals surface area (Å²) in [6, 6.07) is 11.2. The second kappa shape index (κ2) is 13.0. The predicted octanol–water partition coefficient (Wildman–Crippen LogP) is 3.57. The molecule has 0 fully saturated rings. The fourth-order valence-electron chi connectivity index (χ4n) is 3.28. The van der Waals surface area contributed by atoms with Crippen LogP contribution in [0.4, 0.5) is 8.78 Å². The third kappa shape index (κ3) is 7.36. The number of aliphatic hydroxyl groups excluding tert-OH is 1. The van der Waals surface area contributed by atoms with Crippen LogP contribution in [0.5, 0.6) is 5.75 Å². The van der Waals surface area contributed by atoms with Crippen molar-refractivity contribution >= 4 is 34.2 Å². The van der Waals surface area contributed by atoms with Crippen molar-refractivity contribution in [2.24, 2.45) is 5.73 Å². The molecule has 2 aromatic carbocycles. The van der Waals surface area contributed by atoms with Gasteiger partial charge in [-0.25, -0.2) is 8.78 Å².